The maximum Gasteiger partial charge on any atom is 0.125 e. The van der Waals surface area contributed by atoms with Crippen molar-refractivity contribution in [1.29, 1.82) is 0 Å². The highest BCUT2D eigenvalue weighted by Gasteiger charge is 2.43. The average molecular weight is 288 g/mol. The second-order valence-electron chi connectivity index (χ2n) is 7.64. The van der Waals surface area contributed by atoms with Crippen LogP contribution in [0.2, 0.25) is 0 Å². The van der Waals surface area contributed by atoms with Crippen molar-refractivity contribution >= 4 is 0 Å². The molecular weight excluding hydrogens is 260 g/mol. The van der Waals surface area contributed by atoms with Crippen molar-refractivity contribution in [2.45, 2.75) is 71.0 Å². The molecule has 1 heterocycles. The standard InChI is InChI=1S/C19H28O2/c1-13(2)9-15-5-4-8-19(11-15)12-17(20)16-10-14(3)6-7-18(16)21-19/h6-7,10,13,15,17,20H,4-5,8-9,11-12H2,1-3H3/t15?,17-,19?/m0/s1. The summed E-state index contributed by atoms with van der Waals surface area (Å²) < 4.78 is 6.44. The summed E-state index contributed by atoms with van der Waals surface area (Å²) >= 11 is 0. The Morgan fingerprint density at radius 1 is 1.33 bits per heavy atom. The van der Waals surface area contributed by atoms with Crippen LogP contribution in [-0.4, -0.2) is 10.7 Å². The van der Waals surface area contributed by atoms with Crippen LogP contribution < -0.4 is 4.74 Å². The summed E-state index contributed by atoms with van der Waals surface area (Å²) in [5.41, 5.74) is 2.04. The zero-order chi connectivity index (χ0) is 15.0. The summed E-state index contributed by atoms with van der Waals surface area (Å²) in [5, 5.41) is 10.6. The molecule has 1 spiro atoms. The van der Waals surface area contributed by atoms with E-state index in [0.29, 0.717) is 0 Å². The molecule has 1 fully saturated rings. The summed E-state index contributed by atoms with van der Waals surface area (Å²) in [5.74, 6) is 2.40. The van der Waals surface area contributed by atoms with Crippen molar-refractivity contribution in [3.8, 4) is 5.75 Å². The number of aliphatic hydroxyl groups is 1. The summed E-state index contributed by atoms with van der Waals surface area (Å²) in [7, 11) is 0. The van der Waals surface area contributed by atoms with Gasteiger partial charge in [0.1, 0.15) is 11.4 Å². The minimum absolute atomic E-state index is 0.126. The van der Waals surface area contributed by atoms with Gasteiger partial charge in [-0.05, 0) is 56.6 Å². The van der Waals surface area contributed by atoms with Crippen molar-refractivity contribution < 1.29 is 9.84 Å². The first-order valence-corrected chi connectivity index (χ1v) is 8.45. The van der Waals surface area contributed by atoms with E-state index in [-0.39, 0.29) is 11.7 Å². The lowest BCUT2D eigenvalue weighted by Gasteiger charge is -2.46. The van der Waals surface area contributed by atoms with Gasteiger partial charge in [-0.15, -0.1) is 0 Å². The summed E-state index contributed by atoms with van der Waals surface area (Å²) in [4.78, 5) is 0. The number of hydrogen-bond donors (Lipinski definition) is 1. The molecule has 2 aliphatic rings. The van der Waals surface area contributed by atoms with Gasteiger partial charge in [-0.2, -0.15) is 0 Å². The predicted octanol–water partition coefficient (Wildman–Crippen LogP) is 4.79. The maximum atomic E-state index is 10.6. The average Bonchev–Trinajstić information content (AvgIpc) is 2.39. The van der Waals surface area contributed by atoms with Gasteiger partial charge in [-0.25, -0.2) is 0 Å². The zero-order valence-corrected chi connectivity index (χ0v) is 13.6. The molecule has 0 amide bonds. The molecule has 0 bridgehead atoms. The van der Waals surface area contributed by atoms with E-state index in [2.05, 4.69) is 32.9 Å². The van der Waals surface area contributed by atoms with Gasteiger partial charge in [-0.1, -0.05) is 31.9 Å². The highest BCUT2D eigenvalue weighted by Crippen LogP contribution is 2.48. The second kappa shape index (κ2) is 5.64. The van der Waals surface area contributed by atoms with Gasteiger partial charge in [-0.3, -0.25) is 0 Å². The third-order valence-corrected chi connectivity index (χ3v) is 5.13. The molecule has 2 unspecified atom stereocenters. The topological polar surface area (TPSA) is 29.5 Å². The summed E-state index contributed by atoms with van der Waals surface area (Å²) in [6, 6.07) is 6.20. The Morgan fingerprint density at radius 3 is 2.90 bits per heavy atom. The van der Waals surface area contributed by atoms with Crippen LogP contribution in [0, 0.1) is 18.8 Å². The number of aliphatic hydroxyl groups excluding tert-OH is 1. The molecule has 0 radical (unpaired) electrons. The Bertz CT molecular complexity index is 508. The van der Waals surface area contributed by atoms with Crippen LogP contribution in [0.5, 0.6) is 5.75 Å². The molecule has 1 aromatic carbocycles. The molecule has 3 atom stereocenters. The fourth-order valence-corrected chi connectivity index (χ4v) is 4.35. The van der Waals surface area contributed by atoms with Crippen molar-refractivity contribution in [1.82, 2.24) is 0 Å². The van der Waals surface area contributed by atoms with Gasteiger partial charge < -0.3 is 9.84 Å². The van der Waals surface area contributed by atoms with Crippen LogP contribution in [0.15, 0.2) is 18.2 Å². The predicted molar refractivity (Wildman–Crippen MR) is 85.5 cm³/mol. The van der Waals surface area contributed by atoms with E-state index in [4.69, 9.17) is 4.74 Å². The van der Waals surface area contributed by atoms with Crippen molar-refractivity contribution in [2.24, 2.45) is 11.8 Å². The first kappa shape index (κ1) is 14.9. The fraction of sp³-hybridized carbons (Fsp3) is 0.684. The lowest BCUT2D eigenvalue weighted by Crippen LogP contribution is -2.45. The van der Waals surface area contributed by atoms with E-state index in [1.807, 2.05) is 6.07 Å². The van der Waals surface area contributed by atoms with Gasteiger partial charge in [0.25, 0.3) is 0 Å². The molecule has 116 valence electrons. The minimum atomic E-state index is -0.369. The van der Waals surface area contributed by atoms with Gasteiger partial charge in [0, 0.05) is 12.0 Å². The second-order valence-corrected chi connectivity index (χ2v) is 7.64. The number of benzene rings is 1. The monoisotopic (exact) mass is 288 g/mol. The highest BCUT2D eigenvalue weighted by molar-refractivity contribution is 5.41. The van der Waals surface area contributed by atoms with Crippen molar-refractivity contribution in [3.63, 3.8) is 0 Å². The van der Waals surface area contributed by atoms with Crippen LogP contribution in [0.1, 0.15) is 69.6 Å². The zero-order valence-electron chi connectivity index (χ0n) is 13.6. The Kier molecular flexibility index (Phi) is 4.00. The lowest BCUT2D eigenvalue weighted by atomic mass is 9.71. The van der Waals surface area contributed by atoms with Gasteiger partial charge in [0.2, 0.25) is 0 Å². The summed E-state index contributed by atoms with van der Waals surface area (Å²) in [6.45, 7) is 6.67. The van der Waals surface area contributed by atoms with E-state index in [0.717, 1.165) is 42.4 Å². The van der Waals surface area contributed by atoms with E-state index >= 15 is 0 Å². The van der Waals surface area contributed by atoms with Crippen LogP contribution in [-0.2, 0) is 0 Å². The number of rotatable bonds is 2. The molecule has 2 heteroatoms. The van der Waals surface area contributed by atoms with E-state index in [9.17, 15) is 5.11 Å². The smallest absolute Gasteiger partial charge is 0.125 e. The number of ether oxygens (including phenoxy) is 1. The minimum Gasteiger partial charge on any atom is -0.487 e. The Hall–Kier alpha value is -1.02. The first-order chi connectivity index (χ1) is 9.97. The maximum absolute atomic E-state index is 10.6. The molecule has 21 heavy (non-hydrogen) atoms. The molecule has 1 saturated carbocycles. The Morgan fingerprint density at radius 2 is 2.14 bits per heavy atom. The summed E-state index contributed by atoms with van der Waals surface area (Å²) in [6.07, 6.45) is 6.42. The van der Waals surface area contributed by atoms with Crippen LogP contribution in [0.25, 0.3) is 0 Å². The Balaban J connectivity index is 1.82. The number of fused-ring (bicyclic) bond motifs is 1. The number of hydrogen-bond acceptors (Lipinski definition) is 2. The molecule has 0 aromatic heterocycles. The molecule has 1 N–H and O–H groups in total. The van der Waals surface area contributed by atoms with E-state index < -0.39 is 0 Å². The molecule has 3 rings (SSSR count). The molecule has 1 aromatic rings. The normalized spacial score (nSPS) is 32.0. The van der Waals surface area contributed by atoms with Crippen molar-refractivity contribution in [2.75, 3.05) is 0 Å². The third kappa shape index (κ3) is 3.11. The Labute approximate surface area is 128 Å². The highest BCUT2D eigenvalue weighted by atomic mass is 16.5. The van der Waals surface area contributed by atoms with E-state index in [1.165, 1.54) is 24.8 Å². The lowest BCUT2D eigenvalue weighted by molar-refractivity contribution is -0.0538. The first-order valence-electron chi connectivity index (χ1n) is 8.45. The van der Waals surface area contributed by atoms with Crippen LogP contribution >= 0.6 is 0 Å². The van der Waals surface area contributed by atoms with Gasteiger partial charge in [0.15, 0.2) is 0 Å². The van der Waals surface area contributed by atoms with Gasteiger partial charge in [0.05, 0.1) is 6.10 Å². The number of aryl methyl sites for hydroxylation is 1. The largest absolute Gasteiger partial charge is 0.487 e. The SMILES string of the molecule is Cc1ccc2c(c1)[C@@H](O)CC1(CCCC(CC(C)C)C1)O2. The molecule has 0 saturated heterocycles. The molecular formula is C19H28O2. The quantitative estimate of drug-likeness (QED) is 0.848. The van der Waals surface area contributed by atoms with Gasteiger partial charge >= 0.3 is 0 Å². The van der Waals surface area contributed by atoms with Crippen LogP contribution in [0.4, 0.5) is 0 Å². The van der Waals surface area contributed by atoms with Crippen LogP contribution in [0.3, 0.4) is 0 Å². The molecule has 1 aliphatic carbocycles. The molecule has 2 nitrogen and oxygen atoms in total. The molecule has 1 aliphatic heterocycles. The van der Waals surface area contributed by atoms with E-state index in [1.54, 1.807) is 0 Å². The van der Waals surface area contributed by atoms with Crippen molar-refractivity contribution in [3.05, 3.63) is 29.3 Å². The third-order valence-electron chi connectivity index (χ3n) is 5.13. The fourth-order valence-electron chi connectivity index (χ4n) is 4.35.